The van der Waals surface area contributed by atoms with Crippen molar-refractivity contribution in [2.45, 2.75) is 25.6 Å². The highest BCUT2D eigenvalue weighted by molar-refractivity contribution is 5.82. The van der Waals surface area contributed by atoms with E-state index in [0.717, 1.165) is 5.69 Å². The van der Waals surface area contributed by atoms with Crippen LogP contribution >= 0.6 is 0 Å². The molecule has 2 heterocycles. The number of aliphatic hydroxyl groups excluding tert-OH is 1. The molecule has 2 unspecified atom stereocenters. The van der Waals surface area contributed by atoms with Crippen molar-refractivity contribution in [3.63, 3.8) is 0 Å². The lowest BCUT2D eigenvalue weighted by Gasteiger charge is -2.38. The van der Waals surface area contributed by atoms with Gasteiger partial charge in [-0.05, 0) is 19.1 Å². The lowest BCUT2D eigenvalue weighted by molar-refractivity contribution is -0.133. The second-order valence-electron chi connectivity index (χ2n) is 4.29. The quantitative estimate of drug-likeness (QED) is 0.759. The summed E-state index contributed by atoms with van der Waals surface area (Å²) in [7, 11) is 0. The lowest BCUT2D eigenvalue weighted by atomic mass is 10.1. The molecule has 92 valence electrons. The van der Waals surface area contributed by atoms with E-state index < -0.39 is 6.04 Å². The van der Waals surface area contributed by atoms with Crippen LogP contribution in [0.3, 0.4) is 0 Å². The normalized spacial score (nSPS) is 25.6. The SMILES string of the molecule is CC1CNC(=O)C(CO)N1Cc1ccccn1. The Morgan fingerprint density at radius 1 is 1.59 bits per heavy atom. The van der Waals surface area contributed by atoms with Crippen LogP contribution < -0.4 is 5.32 Å². The number of rotatable bonds is 3. The molecule has 17 heavy (non-hydrogen) atoms. The summed E-state index contributed by atoms with van der Waals surface area (Å²) in [4.78, 5) is 17.9. The molecule has 1 fully saturated rings. The maximum Gasteiger partial charge on any atom is 0.239 e. The van der Waals surface area contributed by atoms with Gasteiger partial charge in [-0.1, -0.05) is 6.07 Å². The highest BCUT2D eigenvalue weighted by Gasteiger charge is 2.33. The van der Waals surface area contributed by atoms with E-state index >= 15 is 0 Å². The van der Waals surface area contributed by atoms with Crippen LogP contribution in [0.4, 0.5) is 0 Å². The number of pyridine rings is 1. The number of hydrogen-bond donors (Lipinski definition) is 2. The van der Waals surface area contributed by atoms with Crippen molar-refractivity contribution >= 4 is 5.91 Å². The molecule has 2 rings (SSSR count). The molecule has 1 aliphatic rings. The molecule has 0 aromatic carbocycles. The van der Waals surface area contributed by atoms with Gasteiger partial charge in [0.25, 0.3) is 0 Å². The third-order valence-corrected chi connectivity index (χ3v) is 3.08. The van der Waals surface area contributed by atoms with Gasteiger partial charge in [-0.3, -0.25) is 14.7 Å². The van der Waals surface area contributed by atoms with Crippen LogP contribution in [0.1, 0.15) is 12.6 Å². The molecule has 1 aliphatic heterocycles. The number of carbonyl (C=O) groups is 1. The second kappa shape index (κ2) is 5.25. The Balaban J connectivity index is 2.13. The van der Waals surface area contributed by atoms with Crippen LogP contribution in [0.25, 0.3) is 0 Å². The van der Waals surface area contributed by atoms with E-state index in [1.165, 1.54) is 0 Å². The van der Waals surface area contributed by atoms with Crippen molar-refractivity contribution in [3.05, 3.63) is 30.1 Å². The Hall–Kier alpha value is -1.46. The van der Waals surface area contributed by atoms with E-state index in [9.17, 15) is 9.90 Å². The average Bonchev–Trinajstić information content (AvgIpc) is 2.35. The minimum atomic E-state index is -0.472. The highest BCUT2D eigenvalue weighted by atomic mass is 16.3. The van der Waals surface area contributed by atoms with E-state index in [-0.39, 0.29) is 18.6 Å². The summed E-state index contributed by atoms with van der Waals surface area (Å²) in [5, 5.41) is 12.1. The van der Waals surface area contributed by atoms with E-state index in [1.807, 2.05) is 30.0 Å². The number of carbonyl (C=O) groups excluding carboxylic acids is 1. The maximum absolute atomic E-state index is 11.6. The predicted octanol–water partition coefficient (Wildman–Crippen LogP) is -0.237. The number of hydrogen-bond acceptors (Lipinski definition) is 4. The molecule has 1 amide bonds. The number of aromatic nitrogens is 1. The Morgan fingerprint density at radius 2 is 2.41 bits per heavy atom. The minimum absolute atomic E-state index is 0.110. The molecule has 0 aliphatic carbocycles. The third kappa shape index (κ3) is 2.62. The van der Waals surface area contributed by atoms with Crippen LogP contribution in [-0.4, -0.2) is 46.1 Å². The molecule has 2 atom stereocenters. The molecular weight excluding hydrogens is 218 g/mol. The second-order valence-corrected chi connectivity index (χ2v) is 4.29. The smallest absolute Gasteiger partial charge is 0.239 e. The van der Waals surface area contributed by atoms with Crippen LogP contribution in [-0.2, 0) is 11.3 Å². The molecule has 5 heteroatoms. The van der Waals surface area contributed by atoms with Gasteiger partial charge in [0.05, 0.1) is 12.3 Å². The highest BCUT2D eigenvalue weighted by Crippen LogP contribution is 2.14. The maximum atomic E-state index is 11.6. The Bertz CT molecular complexity index is 383. The first-order chi connectivity index (χ1) is 8.22. The summed E-state index contributed by atoms with van der Waals surface area (Å²) in [5.74, 6) is -0.110. The van der Waals surface area contributed by atoms with Crippen molar-refractivity contribution in [1.82, 2.24) is 15.2 Å². The zero-order chi connectivity index (χ0) is 12.3. The molecule has 0 bridgehead atoms. The van der Waals surface area contributed by atoms with Crippen LogP contribution in [0.15, 0.2) is 24.4 Å². The fraction of sp³-hybridized carbons (Fsp3) is 0.500. The molecule has 0 radical (unpaired) electrons. The molecule has 1 aromatic rings. The zero-order valence-electron chi connectivity index (χ0n) is 9.84. The van der Waals surface area contributed by atoms with Gasteiger partial charge in [-0.2, -0.15) is 0 Å². The average molecular weight is 235 g/mol. The minimum Gasteiger partial charge on any atom is -0.394 e. The fourth-order valence-corrected chi connectivity index (χ4v) is 2.07. The molecule has 1 saturated heterocycles. The van der Waals surface area contributed by atoms with Gasteiger partial charge in [0.1, 0.15) is 6.04 Å². The van der Waals surface area contributed by atoms with Crippen molar-refractivity contribution in [2.24, 2.45) is 0 Å². The Kier molecular flexibility index (Phi) is 3.71. The van der Waals surface area contributed by atoms with Gasteiger partial charge < -0.3 is 10.4 Å². The Labute approximate surface area is 100 Å². The van der Waals surface area contributed by atoms with Gasteiger partial charge in [-0.25, -0.2) is 0 Å². The molecule has 2 N–H and O–H groups in total. The largest absolute Gasteiger partial charge is 0.394 e. The summed E-state index contributed by atoms with van der Waals surface area (Å²) in [6.07, 6.45) is 1.73. The van der Waals surface area contributed by atoms with Gasteiger partial charge >= 0.3 is 0 Å². The Morgan fingerprint density at radius 3 is 3.06 bits per heavy atom. The van der Waals surface area contributed by atoms with Crippen LogP contribution in [0, 0.1) is 0 Å². The summed E-state index contributed by atoms with van der Waals surface area (Å²) >= 11 is 0. The molecule has 1 aromatic heterocycles. The molecule has 0 spiro atoms. The van der Waals surface area contributed by atoms with E-state index in [0.29, 0.717) is 13.1 Å². The summed E-state index contributed by atoms with van der Waals surface area (Å²) in [6.45, 7) is 3.07. The first-order valence-electron chi connectivity index (χ1n) is 5.76. The summed E-state index contributed by atoms with van der Waals surface area (Å²) < 4.78 is 0. The topological polar surface area (TPSA) is 65.5 Å². The molecule has 5 nitrogen and oxygen atoms in total. The predicted molar refractivity (Wildman–Crippen MR) is 63.1 cm³/mol. The number of aliphatic hydroxyl groups is 1. The van der Waals surface area contributed by atoms with E-state index in [4.69, 9.17) is 0 Å². The summed E-state index contributed by atoms with van der Waals surface area (Å²) in [6, 6.07) is 5.44. The first kappa shape index (κ1) is 12.0. The van der Waals surface area contributed by atoms with Gasteiger partial charge in [-0.15, -0.1) is 0 Å². The van der Waals surface area contributed by atoms with Crippen molar-refractivity contribution in [3.8, 4) is 0 Å². The number of amides is 1. The standard InChI is InChI=1S/C12H17N3O2/c1-9-6-14-12(17)11(8-16)15(9)7-10-4-2-3-5-13-10/h2-5,9,11,16H,6-8H2,1H3,(H,14,17). The summed E-state index contributed by atoms with van der Waals surface area (Å²) in [5.41, 5.74) is 0.910. The fourth-order valence-electron chi connectivity index (χ4n) is 2.07. The molecular formula is C12H17N3O2. The van der Waals surface area contributed by atoms with Crippen molar-refractivity contribution < 1.29 is 9.90 Å². The third-order valence-electron chi connectivity index (χ3n) is 3.08. The monoisotopic (exact) mass is 235 g/mol. The number of piperazine rings is 1. The van der Waals surface area contributed by atoms with Gasteiger partial charge in [0, 0.05) is 25.3 Å². The zero-order valence-corrected chi connectivity index (χ0v) is 9.84. The lowest BCUT2D eigenvalue weighted by Crippen LogP contribution is -2.60. The van der Waals surface area contributed by atoms with Crippen molar-refractivity contribution in [2.75, 3.05) is 13.2 Å². The van der Waals surface area contributed by atoms with Gasteiger partial charge in [0.15, 0.2) is 0 Å². The van der Waals surface area contributed by atoms with Crippen molar-refractivity contribution in [1.29, 1.82) is 0 Å². The number of nitrogens with one attached hydrogen (secondary N) is 1. The van der Waals surface area contributed by atoms with E-state index in [1.54, 1.807) is 6.20 Å². The van der Waals surface area contributed by atoms with Gasteiger partial charge in [0.2, 0.25) is 5.91 Å². The van der Waals surface area contributed by atoms with E-state index in [2.05, 4.69) is 10.3 Å². The first-order valence-corrected chi connectivity index (χ1v) is 5.76. The van der Waals surface area contributed by atoms with Crippen LogP contribution in [0.2, 0.25) is 0 Å². The number of nitrogens with zero attached hydrogens (tertiary/aromatic N) is 2. The van der Waals surface area contributed by atoms with Crippen LogP contribution in [0.5, 0.6) is 0 Å². The molecule has 0 saturated carbocycles.